The summed E-state index contributed by atoms with van der Waals surface area (Å²) < 4.78 is 10.3. The average molecular weight is 223 g/mol. The lowest BCUT2D eigenvalue weighted by Gasteiger charge is -2.06. The molecule has 88 valence electrons. The summed E-state index contributed by atoms with van der Waals surface area (Å²) >= 11 is 0. The van der Waals surface area contributed by atoms with E-state index < -0.39 is 0 Å². The molecule has 0 aliphatic heterocycles. The Bertz CT molecular complexity index is 322. The van der Waals surface area contributed by atoms with Crippen LogP contribution in [0.3, 0.4) is 0 Å². The molecule has 1 aromatic rings. The van der Waals surface area contributed by atoms with Crippen LogP contribution in [0.5, 0.6) is 5.75 Å². The number of rotatable bonds is 6. The number of benzene rings is 1. The Labute approximate surface area is 95.6 Å². The summed E-state index contributed by atoms with van der Waals surface area (Å²) in [6.45, 7) is 5.04. The molecule has 0 saturated carbocycles. The molecule has 1 aromatic carbocycles. The van der Waals surface area contributed by atoms with Crippen LogP contribution in [-0.2, 0) is 9.53 Å². The number of hydrogen-bond acceptors (Lipinski definition) is 3. The Morgan fingerprint density at radius 3 is 2.44 bits per heavy atom. The average Bonchev–Trinajstić information content (AvgIpc) is 2.29. The van der Waals surface area contributed by atoms with E-state index in [1.54, 1.807) is 12.1 Å². The monoisotopic (exact) mass is 223 g/mol. The predicted molar refractivity (Wildman–Crippen MR) is 62.7 cm³/mol. The first-order valence-corrected chi connectivity index (χ1v) is 5.36. The molecule has 0 fully saturated rings. The highest BCUT2D eigenvalue weighted by atomic mass is 16.5. The van der Waals surface area contributed by atoms with E-state index in [1.165, 1.54) is 0 Å². The summed E-state index contributed by atoms with van der Waals surface area (Å²) in [5.74, 6) is 0.649. The predicted octanol–water partition coefficient (Wildman–Crippen LogP) is 2.06. The van der Waals surface area contributed by atoms with Gasteiger partial charge in [0.05, 0.1) is 6.61 Å². The van der Waals surface area contributed by atoms with Crippen molar-refractivity contribution in [3.8, 4) is 5.75 Å². The zero-order valence-electron chi connectivity index (χ0n) is 9.66. The number of amides is 1. The second-order valence-corrected chi connectivity index (χ2v) is 3.14. The van der Waals surface area contributed by atoms with Crippen LogP contribution >= 0.6 is 0 Å². The highest BCUT2D eigenvalue weighted by Crippen LogP contribution is 2.15. The van der Waals surface area contributed by atoms with Crippen molar-refractivity contribution in [3.05, 3.63) is 24.3 Å². The summed E-state index contributed by atoms with van der Waals surface area (Å²) in [6.07, 6.45) is 0. The van der Waals surface area contributed by atoms with Crippen LogP contribution in [0.15, 0.2) is 24.3 Å². The Morgan fingerprint density at radius 2 is 1.88 bits per heavy atom. The van der Waals surface area contributed by atoms with Crippen LogP contribution < -0.4 is 10.1 Å². The molecular formula is C12H17NO3. The molecule has 0 heterocycles. The van der Waals surface area contributed by atoms with Crippen molar-refractivity contribution in [1.82, 2.24) is 0 Å². The Hall–Kier alpha value is -1.55. The van der Waals surface area contributed by atoms with E-state index in [-0.39, 0.29) is 12.5 Å². The second kappa shape index (κ2) is 6.85. The van der Waals surface area contributed by atoms with Crippen LogP contribution in [-0.4, -0.2) is 25.7 Å². The molecule has 0 bridgehead atoms. The number of carbonyl (C=O) groups excluding carboxylic acids is 1. The van der Waals surface area contributed by atoms with Gasteiger partial charge >= 0.3 is 0 Å². The zero-order chi connectivity index (χ0) is 11.8. The molecule has 1 rings (SSSR count). The lowest BCUT2D eigenvalue weighted by molar-refractivity contribution is -0.120. The molecule has 0 saturated heterocycles. The molecule has 16 heavy (non-hydrogen) atoms. The third kappa shape index (κ3) is 4.31. The van der Waals surface area contributed by atoms with Gasteiger partial charge in [0.2, 0.25) is 5.91 Å². The number of hydrogen-bond donors (Lipinski definition) is 1. The van der Waals surface area contributed by atoms with Crippen molar-refractivity contribution in [2.45, 2.75) is 13.8 Å². The van der Waals surface area contributed by atoms with Gasteiger partial charge in [-0.2, -0.15) is 0 Å². The number of carbonyl (C=O) groups is 1. The van der Waals surface area contributed by atoms with E-state index in [1.807, 2.05) is 26.0 Å². The van der Waals surface area contributed by atoms with Crippen LogP contribution in [0.1, 0.15) is 13.8 Å². The second-order valence-electron chi connectivity index (χ2n) is 3.14. The highest BCUT2D eigenvalue weighted by Gasteiger charge is 2.01. The molecule has 0 atom stereocenters. The molecule has 1 N–H and O–H groups in total. The van der Waals surface area contributed by atoms with Gasteiger partial charge in [-0.05, 0) is 38.1 Å². The summed E-state index contributed by atoms with van der Waals surface area (Å²) in [4.78, 5) is 11.3. The van der Waals surface area contributed by atoms with Crippen molar-refractivity contribution in [3.63, 3.8) is 0 Å². The van der Waals surface area contributed by atoms with Gasteiger partial charge in [-0.15, -0.1) is 0 Å². The smallest absolute Gasteiger partial charge is 0.250 e. The molecule has 1 amide bonds. The quantitative estimate of drug-likeness (QED) is 0.803. The minimum Gasteiger partial charge on any atom is -0.494 e. The van der Waals surface area contributed by atoms with Gasteiger partial charge in [0, 0.05) is 12.3 Å². The first-order chi connectivity index (χ1) is 7.76. The minimum absolute atomic E-state index is 0.0870. The van der Waals surface area contributed by atoms with E-state index in [0.717, 1.165) is 11.4 Å². The van der Waals surface area contributed by atoms with Gasteiger partial charge in [0.25, 0.3) is 0 Å². The van der Waals surface area contributed by atoms with Crippen molar-refractivity contribution in [2.24, 2.45) is 0 Å². The van der Waals surface area contributed by atoms with Gasteiger partial charge in [-0.1, -0.05) is 0 Å². The molecule has 0 aliphatic rings. The summed E-state index contributed by atoms with van der Waals surface area (Å²) in [6, 6.07) is 7.24. The maximum Gasteiger partial charge on any atom is 0.250 e. The number of nitrogens with one attached hydrogen (secondary N) is 1. The van der Waals surface area contributed by atoms with E-state index in [4.69, 9.17) is 9.47 Å². The third-order valence-electron chi connectivity index (χ3n) is 1.89. The van der Waals surface area contributed by atoms with Crippen LogP contribution in [0.4, 0.5) is 5.69 Å². The van der Waals surface area contributed by atoms with Gasteiger partial charge < -0.3 is 14.8 Å². The maximum absolute atomic E-state index is 11.3. The molecular weight excluding hydrogens is 206 g/mol. The van der Waals surface area contributed by atoms with Gasteiger partial charge in [-0.25, -0.2) is 0 Å². The lowest BCUT2D eigenvalue weighted by atomic mass is 10.3. The Kier molecular flexibility index (Phi) is 5.36. The fourth-order valence-corrected chi connectivity index (χ4v) is 1.19. The van der Waals surface area contributed by atoms with Gasteiger partial charge in [-0.3, -0.25) is 4.79 Å². The van der Waals surface area contributed by atoms with Crippen LogP contribution in [0.25, 0.3) is 0 Å². The van der Waals surface area contributed by atoms with Crippen molar-refractivity contribution < 1.29 is 14.3 Å². The molecule has 4 nitrogen and oxygen atoms in total. The molecule has 0 unspecified atom stereocenters. The molecule has 0 radical (unpaired) electrons. The lowest BCUT2D eigenvalue weighted by Crippen LogP contribution is -2.18. The summed E-state index contributed by atoms with van der Waals surface area (Å²) in [5.41, 5.74) is 0.744. The number of anilines is 1. The van der Waals surface area contributed by atoms with Gasteiger partial charge in [0.15, 0.2) is 0 Å². The minimum atomic E-state index is -0.147. The fourth-order valence-electron chi connectivity index (χ4n) is 1.19. The third-order valence-corrected chi connectivity index (χ3v) is 1.89. The fraction of sp³-hybridized carbons (Fsp3) is 0.417. The van der Waals surface area contributed by atoms with E-state index in [0.29, 0.717) is 13.2 Å². The highest BCUT2D eigenvalue weighted by molar-refractivity contribution is 5.91. The van der Waals surface area contributed by atoms with Crippen LogP contribution in [0.2, 0.25) is 0 Å². The SMILES string of the molecule is CCOCC(=O)Nc1ccc(OCC)cc1. The van der Waals surface area contributed by atoms with Crippen LogP contribution in [0, 0.1) is 0 Å². The zero-order valence-corrected chi connectivity index (χ0v) is 9.66. The first kappa shape index (κ1) is 12.5. The molecule has 0 aliphatic carbocycles. The maximum atomic E-state index is 11.3. The molecule has 0 aromatic heterocycles. The standard InChI is InChI=1S/C12H17NO3/c1-3-15-9-12(14)13-10-5-7-11(8-6-10)16-4-2/h5-8H,3-4,9H2,1-2H3,(H,13,14). The Morgan fingerprint density at radius 1 is 1.19 bits per heavy atom. The summed E-state index contributed by atoms with van der Waals surface area (Å²) in [7, 11) is 0. The van der Waals surface area contributed by atoms with E-state index >= 15 is 0 Å². The van der Waals surface area contributed by atoms with E-state index in [2.05, 4.69) is 5.32 Å². The van der Waals surface area contributed by atoms with Crippen molar-refractivity contribution in [1.29, 1.82) is 0 Å². The van der Waals surface area contributed by atoms with Gasteiger partial charge in [0.1, 0.15) is 12.4 Å². The molecule has 4 heteroatoms. The molecule has 0 spiro atoms. The van der Waals surface area contributed by atoms with Crippen molar-refractivity contribution >= 4 is 11.6 Å². The topological polar surface area (TPSA) is 47.6 Å². The largest absolute Gasteiger partial charge is 0.494 e. The summed E-state index contributed by atoms with van der Waals surface area (Å²) in [5, 5.41) is 2.73. The number of ether oxygens (including phenoxy) is 2. The normalized spacial score (nSPS) is 9.88. The van der Waals surface area contributed by atoms with Crippen molar-refractivity contribution in [2.75, 3.05) is 25.1 Å². The first-order valence-electron chi connectivity index (χ1n) is 5.36. The Balaban J connectivity index is 2.45. The van der Waals surface area contributed by atoms with E-state index in [9.17, 15) is 4.79 Å².